The maximum absolute atomic E-state index is 13.3. The van der Waals surface area contributed by atoms with Gasteiger partial charge in [-0.1, -0.05) is 20.3 Å². The summed E-state index contributed by atoms with van der Waals surface area (Å²) in [5, 5.41) is 3.46. The zero-order chi connectivity index (χ0) is 14.0. The molecule has 0 aromatic rings. The van der Waals surface area contributed by atoms with Gasteiger partial charge >= 0.3 is 0 Å². The van der Waals surface area contributed by atoms with Crippen LogP contribution in [-0.4, -0.2) is 19.0 Å². The molecule has 0 aromatic heterocycles. The summed E-state index contributed by atoms with van der Waals surface area (Å²) in [6.45, 7) is 4.69. The molecule has 0 radical (unpaired) electrons. The number of hydrogen-bond acceptors (Lipinski definition) is 1. The fraction of sp³-hybridized carbons (Fsp3) is 1.00. The SMILES string of the molecule is CNC(C1CCC(F)(F)CC1)C1CCC(C)C(C)C1. The van der Waals surface area contributed by atoms with Crippen LogP contribution in [0.1, 0.15) is 58.8 Å². The minimum absolute atomic E-state index is 0.0918. The molecule has 2 saturated carbocycles. The van der Waals surface area contributed by atoms with Crippen molar-refractivity contribution < 1.29 is 8.78 Å². The molecule has 4 unspecified atom stereocenters. The summed E-state index contributed by atoms with van der Waals surface area (Å²) in [6.07, 6.45) is 5.40. The molecular formula is C16H29F2N. The van der Waals surface area contributed by atoms with Gasteiger partial charge in [-0.25, -0.2) is 8.78 Å². The predicted octanol–water partition coefficient (Wildman–Crippen LogP) is 4.47. The van der Waals surface area contributed by atoms with Crippen LogP contribution >= 0.6 is 0 Å². The molecule has 2 aliphatic carbocycles. The van der Waals surface area contributed by atoms with Crippen molar-refractivity contribution in [3.8, 4) is 0 Å². The zero-order valence-electron chi connectivity index (χ0n) is 12.6. The van der Waals surface area contributed by atoms with Gasteiger partial charge in [0.15, 0.2) is 0 Å². The van der Waals surface area contributed by atoms with E-state index in [1.165, 1.54) is 19.3 Å². The summed E-state index contributed by atoms with van der Waals surface area (Å²) in [5.41, 5.74) is 0. The summed E-state index contributed by atoms with van der Waals surface area (Å²) < 4.78 is 26.6. The van der Waals surface area contributed by atoms with E-state index in [0.29, 0.717) is 30.7 Å². The molecule has 1 N–H and O–H groups in total. The summed E-state index contributed by atoms with van der Waals surface area (Å²) >= 11 is 0. The van der Waals surface area contributed by atoms with Gasteiger partial charge in [-0.3, -0.25) is 0 Å². The molecule has 0 aliphatic heterocycles. The van der Waals surface area contributed by atoms with E-state index in [2.05, 4.69) is 19.2 Å². The molecule has 2 aliphatic rings. The number of hydrogen-bond donors (Lipinski definition) is 1. The number of halogens is 2. The number of nitrogens with one attached hydrogen (secondary N) is 1. The maximum Gasteiger partial charge on any atom is 0.248 e. The fourth-order valence-electron chi connectivity index (χ4n) is 4.19. The van der Waals surface area contributed by atoms with Crippen LogP contribution in [0.4, 0.5) is 8.78 Å². The molecule has 0 heterocycles. The Labute approximate surface area is 116 Å². The summed E-state index contributed by atoms with van der Waals surface area (Å²) in [6, 6.07) is 0.450. The molecule has 0 amide bonds. The van der Waals surface area contributed by atoms with Crippen molar-refractivity contribution >= 4 is 0 Å². The van der Waals surface area contributed by atoms with Crippen LogP contribution in [-0.2, 0) is 0 Å². The Morgan fingerprint density at radius 3 is 2.11 bits per heavy atom. The van der Waals surface area contributed by atoms with Gasteiger partial charge in [-0.05, 0) is 56.4 Å². The first-order valence-electron chi connectivity index (χ1n) is 7.98. The van der Waals surface area contributed by atoms with E-state index in [4.69, 9.17) is 0 Å². The second-order valence-corrected chi connectivity index (χ2v) is 7.04. The first-order chi connectivity index (χ1) is 8.93. The van der Waals surface area contributed by atoms with Crippen LogP contribution in [0.15, 0.2) is 0 Å². The van der Waals surface area contributed by atoms with E-state index in [1.54, 1.807) is 0 Å². The molecule has 2 rings (SSSR count). The third-order valence-electron chi connectivity index (χ3n) is 5.75. The van der Waals surface area contributed by atoms with Crippen LogP contribution in [0.3, 0.4) is 0 Å². The maximum atomic E-state index is 13.3. The van der Waals surface area contributed by atoms with Gasteiger partial charge in [0.25, 0.3) is 0 Å². The van der Waals surface area contributed by atoms with Crippen LogP contribution in [0.5, 0.6) is 0 Å². The normalized spacial score (nSPS) is 38.1. The van der Waals surface area contributed by atoms with Gasteiger partial charge in [0.05, 0.1) is 0 Å². The summed E-state index contributed by atoms with van der Waals surface area (Å²) in [4.78, 5) is 0. The minimum atomic E-state index is -2.40. The zero-order valence-corrected chi connectivity index (χ0v) is 12.6. The lowest BCUT2D eigenvalue weighted by Gasteiger charge is -2.42. The van der Waals surface area contributed by atoms with E-state index in [9.17, 15) is 8.78 Å². The molecule has 0 saturated heterocycles. The molecule has 2 fully saturated rings. The van der Waals surface area contributed by atoms with Crippen molar-refractivity contribution in [1.82, 2.24) is 5.32 Å². The van der Waals surface area contributed by atoms with Crippen molar-refractivity contribution in [1.29, 1.82) is 0 Å². The van der Waals surface area contributed by atoms with Gasteiger partial charge in [-0.2, -0.15) is 0 Å². The highest BCUT2D eigenvalue weighted by atomic mass is 19.3. The Balaban J connectivity index is 1.93. The van der Waals surface area contributed by atoms with E-state index < -0.39 is 5.92 Å². The van der Waals surface area contributed by atoms with E-state index in [1.807, 2.05) is 7.05 Å². The average molecular weight is 273 g/mol. The third kappa shape index (κ3) is 3.68. The highest BCUT2D eigenvalue weighted by molar-refractivity contribution is 4.90. The Morgan fingerprint density at radius 1 is 0.947 bits per heavy atom. The fourth-order valence-corrected chi connectivity index (χ4v) is 4.19. The molecular weight excluding hydrogens is 244 g/mol. The minimum Gasteiger partial charge on any atom is -0.316 e. The highest BCUT2D eigenvalue weighted by Gasteiger charge is 2.40. The van der Waals surface area contributed by atoms with Crippen LogP contribution in [0, 0.1) is 23.7 Å². The first kappa shape index (κ1) is 15.2. The Hall–Kier alpha value is -0.180. The van der Waals surface area contributed by atoms with Crippen molar-refractivity contribution in [2.75, 3.05) is 7.05 Å². The van der Waals surface area contributed by atoms with Gasteiger partial charge in [0.1, 0.15) is 0 Å². The standard InChI is InChI=1S/C16H29F2N/c1-11-4-5-14(10-12(11)2)15(19-3)13-6-8-16(17,18)9-7-13/h11-15,19H,4-10H2,1-3H3. The molecule has 112 valence electrons. The van der Waals surface area contributed by atoms with Crippen molar-refractivity contribution in [2.24, 2.45) is 23.7 Å². The van der Waals surface area contributed by atoms with E-state index >= 15 is 0 Å². The average Bonchev–Trinajstić information content (AvgIpc) is 2.36. The number of rotatable bonds is 3. The Morgan fingerprint density at radius 2 is 1.58 bits per heavy atom. The summed E-state index contributed by atoms with van der Waals surface area (Å²) in [7, 11) is 2.01. The molecule has 0 bridgehead atoms. The van der Waals surface area contributed by atoms with Crippen molar-refractivity contribution in [2.45, 2.75) is 70.8 Å². The van der Waals surface area contributed by atoms with Gasteiger partial charge in [0.2, 0.25) is 5.92 Å². The second kappa shape index (κ2) is 6.07. The lowest BCUT2D eigenvalue weighted by molar-refractivity contribution is -0.0533. The van der Waals surface area contributed by atoms with E-state index in [-0.39, 0.29) is 12.8 Å². The Kier molecular flexibility index (Phi) is 4.86. The third-order valence-corrected chi connectivity index (χ3v) is 5.75. The molecule has 0 spiro atoms. The van der Waals surface area contributed by atoms with Gasteiger partial charge < -0.3 is 5.32 Å². The van der Waals surface area contributed by atoms with Crippen molar-refractivity contribution in [3.63, 3.8) is 0 Å². The van der Waals surface area contributed by atoms with Crippen molar-refractivity contribution in [3.05, 3.63) is 0 Å². The highest BCUT2D eigenvalue weighted by Crippen LogP contribution is 2.42. The van der Waals surface area contributed by atoms with Gasteiger partial charge in [0, 0.05) is 18.9 Å². The summed E-state index contributed by atoms with van der Waals surface area (Å²) in [5.74, 6) is 0.343. The van der Waals surface area contributed by atoms with E-state index in [0.717, 1.165) is 11.8 Å². The first-order valence-corrected chi connectivity index (χ1v) is 7.98. The largest absolute Gasteiger partial charge is 0.316 e. The smallest absolute Gasteiger partial charge is 0.248 e. The quantitative estimate of drug-likeness (QED) is 0.800. The second-order valence-electron chi connectivity index (χ2n) is 7.04. The van der Waals surface area contributed by atoms with Crippen LogP contribution < -0.4 is 5.32 Å². The number of alkyl halides is 2. The molecule has 0 aromatic carbocycles. The lowest BCUT2D eigenvalue weighted by Crippen LogP contribution is -2.45. The van der Waals surface area contributed by atoms with Gasteiger partial charge in [-0.15, -0.1) is 0 Å². The van der Waals surface area contributed by atoms with Crippen LogP contribution in [0.25, 0.3) is 0 Å². The predicted molar refractivity (Wildman–Crippen MR) is 75.4 cm³/mol. The lowest BCUT2D eigenvalue weighted by atomic mass is 9.68. The monoisotopic (exact) mass is 273 g/mol. The topological polar surface area (TPSA) is 12.0 Å². The molecule has 3 heteroatoms. The molecule has 19 heavy (non-hydrogen) atoms. The molecule has 4 atom stereocenters. The Bertz CT molecular complexity index is 282. The van der Waals surface area contributed by atoms with Crippen LogP contribution in [0.2, 0.25) is 0 Å². The molecule has 1 nitrogen and oxygen atoms in total.